The number of aliphatic imine (C=N–C) groups is 1. The summed E-state index contributed by atoms with van der Waals surface area (Å²) in [7, 11) is 1.66. The second kappa shape index (κ2) is 6.35. The summed E-state index contributed by atoms with van der Waals surface area (Å²) in [6.45, 7) is 0.659. The van der Waals surface area contributed by atoms with Gasteiger partial charge in [0.1, 0.15) is 5.75 Å². The molecule has 1 heterocycles. The van der Waals surface area contributed by atoms with Crippen molar-refractivity contribution in [2.45, 2.75) is 6.42 Å². The molecule has 1 aromatic heterocycles. The molecule has 0 saturated carbocycles. The Bertz CT molecular complexity index is 806. The predicted octanol–water partition coefficient (Wildman–Crippen LogP) is 3.54. The van der Waals surface area contributed by atoms with Gasteiger partial charge >= 0.3 is 0 Å². The predicted molar refractivity (Wildman–Crippen MR) is 89.1 cm³/mol. The summed E-state index contributed by atoms with van der Waals surface area (Å²) in [4.78, 5) is 7.38. The van der Waals surface area contributed by atoms with Gasteiger partial charge in [-0.05, 0) is 30.2 Å². The summed E-state index contributed by atoms with van der Waals surface area (Å²) in [5, 5.41) is 10.9. The highest BCUT2D eigenvalue weighted by molar-refractivity contribution is 6.01. The van der Waals surface area contributed by atoms with Gasteiger partial charge in [0.15, 0.2) is 5.88 Å². The first-order valence-electron chi connectivity index (χ1n) is 7.20. The van der Waals surface area contributed by atoms with Gasteiger partial charge in [-0.2, -0.15) is 0 Å². The molecule has 22 heavy (non-hydrogen) atoms. The molecular weight excluding hydrogens is 276 g/mol. The topological polar surface area (TPSA) is 57.6 Å². The second-order valence-corrected chi connectivity index (χ2v) is 5.07. The quantitative estimate of drug-likeness (QED) is 0.707. The van der Waals surface area contributed by atoms with Gasteiger partial charge in [-0.15, -0.1) is 0 Å². The smallest absolute Gasteiger partial charge is 0.198 e. The Labute approximate surface area is 129 Å². The number of hydrogen-bond acceptors (Lipinski definition) is 3. The summed E-state index contributed by atoms with van der Waals surface area (Å²) >= 11 is 0. The van der Waals surface area contributed by atoms with E-state index < -0.39 is 0 Å². The standard InChI is InChI=1S/C18H18N2O2/c1-22-14-6-4-5-13(11-14)9-10-19-12-16-15-7-2-3-8-17(15)20-18(16)21/h2-8,11-12,20-21H,9-10H2,1H3. The van der Waals surface area contributed by atoms with E-state index in [0.717, 1.165) is 28.6 Å². The van der Waals surface area contributed by atoms with Crippen LogP contribution in [0.2, 0.25) is 0 Å². The Morgan fingerprint density at radius 2 is 2.05 bits per heavy atom. The molecule has 0 spiro atoms. The number of rotatable bonds is 5. The largest absolute Gasteiger partial charge is 0.497 e. The number of fused-ring (bicyclic) bond motifs is 1. The zero-order chi connectivity index (χ0) is 15.4. The van der Waals surface area contributed by atoms with E-state index in [4.69, 9.17) is 4.74 Å². The molecule has 0 fully saturated rings. The van der Waals surface area contributed by atoms with E-state index >= 15 is 0 Å². The molecule has 3 aromatic rings. The highest BCUT2D eigenvalue weighted by Crippen LogP contribution is 2.25. The molecule has 4 heteroatoms. The highest BCUT2D eigenvalue weighted by atomic mass is 16.5. The number of nitrogens with one attached hydrogen (secondary N) is 1. The molecule has 0 aliphatic rings. The molecule has 2 aromatic carbocycles. The number of aromatic hydroxyl groups is 1. The van der Waals surface area contributed by atoms with Gasteiger partial charge in [0, 0.05) is 23.7 Å². The van der Waals surface area contributed by atoms with Crippen LogP contribution >= 0.6 is 0 Å². The molecule has 0 saturated heterocycles. The molecule has 0 aliphatic carbocycles. The SMILES string of the molecule is COc1cccc(CCN=Cc2c(O)[nH]c3ccccc23)c1. The average molecular weight is 294 g/mol. The number of aromatic nitrogens is 1. The minimum Gasteiger partial charge on any atom is -0.497 e. The van der Waals surface area contributed by atoms with E-state index in [1.54, 1.807) is 13.3 Å². The van der Waals surface area contributed by atoms with Crippen LogP contribution in [-0.2, 0) is 6.42 Å². The first-order valence-corrected chi connectivity index (χ1v) is 7.20. The van der Waals surface area contributed by atoms with E-state index in [1.165, 1.54) is 5.56 Å². The van der Waals surface area contributed by atoms with Crippen molar-refractivity contribution in [2.75, 3.05) is 13.7 Å². The molecule has 0 atom stereocenters. The Hall–Kier alpha value is -2.75. The first kappa shape index (κ1) is 14.2. The summed E-state index contributed by atoms with van der Waals surface area (Å²) < 4.78 is 5.21. The first-order chi connectivity index (χ1) is 10.8. The molecular formula is C18H18N2O2. The fraction of sp³-hybridized carbons (Fsp3) is 0.167. The van der Waals surface area contributed by atoms with Crippen LogP contribution in [0.5, 0.6) is 11.6 Å². The highest BCUT2D eigenvalue weighted by Gasteiger charge is 2.07. The van der Waals surface area contributed by atoms with Crippen LogP contribution in [0.1, 0.15) is 11.1 Å². The van der Waals surface area contributed by atoms with Crippen LogP contribution in [0.15, 0.2) is 53.5 Å². The van der Waals surface area contributed by atoms with E-state index in [9.17, 15) is 5.11 Å². The third-order valence-electron chi connectivity index (χ3n) is 3.61. The van der Waals surface area contributed by atoms with Gasteiger partial charge in [-0.1, -0.05) is 30.3 Å². The lowest BCUT2D eigenvalue weighted by Gasteiger charge is -2.02. The van der Waals surface area contributed by atoms with Gasteiger partial charge in [-0.3, -0.25) is 4.99 Å². The molecule has 0 amide bonds. The number of ether oxygens (including phenoxy) is 1. The molecule has 4 nitrogen and oxygen atoms in total. The Morgan fingerprint density at radius 3 is 2.91 bits per heavy atom. The van der Waals surface area contributed by atoms with Gasteiger partial charge in [0.25, 0.3) is 0 Å². The fourth-order valence-corrected chi connectivity index (χ4v) is 2.46. The van der Waals surface area contributed by atoms with Crippen LogP contribution in [0.3, 0.4) is 0 Å². The lowest BCUT2D eigenvalue weighted by atomic mass is 10.1. The van der Waals surface area contributed by atoms with Crippen LogP contribution < -0.4 is 4.74 Å². The van der Waals surface area contributed by atoms with E-state index in [1.807, 2.05) is 42.5 Å². The van der Waals surface area contributed by atoms with Gasteiger partial charge < -0.3 is 14.8 Å². The number of hydrogen-bond donors (Lipinski definition) is 2. The maximum Gasteiger partial charge on any atom is 0.198 e. The molecule has 0 radical (unpaired) electrons. The van der Waals surface area contributed by atoms with E-state index in [2.05, 4.69) is 16.0 Å². The molecule has 0 aliphatic heterocycles. The van der Waals surface area contributed by atoms with E-state index in [-0.39, 0.29) is 5.88 Å². The lowest BCUT2D eigenvalue weighted by molar-refractivity contribution is 0.414. The average Bonchev–Trinajstić information content (AvgIpc) is 2.87. The number of nitrogens with zero attached hydrogens (tertiary/aromatic N) is 1. The number of methoxy groups -OCH3 is 1. The van der Waals surface area contributed by atoms with Crippen LogP contribution in [0.4, 0.5) is 0 Å². The second-order valence-electron chi connectivity index (χ2n) is 5.07. The van der Waals surface area contributed by atoms with Gasteiger partial charge in [-0.25, -0.2) is 0 Å². The number of H-pyrrole nitrogens is 1. The van der Waals surface area contributed by atoms with Crippen molar-refractivity contribution in [1.29, 1.82) is 0 Å². The minimum atomic E-state index is 0.159. The molecule has 112 valence electrons. The molecule has 2 N–H and O–H groups in total. The van der Waals surface area contributed by atoms with Crippen molar-refractivity contribution in [1.82, 2.24) is 4.98 Å². The summed E-state index contributed by atoms with van der Waals surface area (Å²) in [6, 6.07) is 15.8. The van der Waals surface area contributed by atoms with Gasteiger partial charge in [0.2, 0.25) is 0 Å². The number of benzene rings is 2. The van der Waals surface area contributed by atoms with Crippen molar-refractivity contribution in [3.63, 3.8) is 0 Å². The van der Waals surface area contributed by atoms with Gasteiger partial charge in [0.05, 0.1) is 12.7 Å². The van der Waals surface area contributed by atoms with Crippen molar-refractivity contribution >= 4 is 17.1 Å². The van der Waals surface area contributed by atoms with Crippen molar-refractivity contribution in [2.24, 2.45) is 4.99 Å². The number of aromatic amines is 1. The van der Waals surface area contributed by atoms with Crippen LogP contribution in [-0.4, -0.2) is 30.0 Å². The lowest BCUT2D eigenvalue weighted by Crippen LogP contribution is -1.92. The maximum absolute atomic E-state index is 9.96. The van der Waals surface area contributed by atoms with E-state index in [0.29, 0.717) is 6.54 Å². The van der Waals surface area contributed by atoms with Crippen LogP contribution in [0.25, 0.3) is 10.9 Å². The fourth-order valence-electron chi connectivity index (χ4n) is 2.46. The monoisotopic (exact) mass is 294 g/mol. The molecule has 0 bridgehead atoms. The third kappa shape index (κ3) is 2.96. The minimum absolute atomic E-state index is 0.159. The molecule has 0 unspecified atom stereocenters. The summed E-state index contributed by atoms with van der Waals surface area (Å²) in [5.74, 6) is 1.02. The Balaban J connectivity index is 1.70. The van der Waals surface area contributed by atoms with Crippen molar-refractivity contribution < 1.29 is 9.84 Å². The zero-order valence-electron chi connectivity index (χ0n) is 12.4. The van der Waals surface area contributed by atoms with Crippen molar-refractivity contribution in [3.8, 4) is 11.6 Å². The summed E-state index contributed by atoms with van der Waals surface area (Å²) in [6.07, 6.45) is 2.56. The normalized spacial score (nSPS) is 11.3. The van der Waals surface area contributed by atoms with Crippen LogP contribution in [0, 0.1) is 0 Å². The summed E-state index contributed by atoms with van der Waals surface area (Å²) in [5.41, 5.74) is 2.83. The Kier molecular flexibility index (Phi) is 4.10. The zero-order valence-corrected chi connectivity index (χ0v) is 12.4. The third-order valence-corrected chi connectivity index (χ3v) is 3.61. The molecule has 3 rings (SSSR count). The maximum atomic E-state index is 9.96. The Morgan fingerprint density at radius 1 is 1.18 bits per heavy atom. The van der Waals surface area contributed by atoms with Crippen molar-refractivity contribution in [3.05, 3.63) is 59.7 Å². The number of para-hydroxylation sites is 1.